The minimum atomic E-state index is -3.87. The largest absolute Gasteiger partial charge is 0.457 e. The highest BCUT2D eigenvalue weighted by Gasteiger charge is 2.30. The summed E-state index contributed by atoms with van der Waals surface area (Å²) in [5.41, 5.74) is 0.918. The van der Waals surface area contributed by atoms with Crippen molar-refractivity contribution in [3.8, 4) is 11.5 Å². The highest BCUT2D eigenvalue weighted by Crippen LogP contribution is 2.27. The topological polar surface area (TPSA) is 96.0 Å². The molecule has 0 aromatic heterocycles. The molecule has 214 valence electrons. The summed E-state index contributed by atoms with van der Waals surface area (Å²) < 4.78 is 32.4. The molecule has 3 aromatic carbocycles. The number of anilines is 1. The van der Waals surface area contributed by atoms with Gasteiger partial charge in [-0.3, -0.25) is 13.9 Å². The van der Waals surface area contributed by atoms with E-state index in [2.05, 4.69) is 5.32 Å². The molecular weight excluding hydrogens is 573 g/mol. The fourth-order valence-corrected chi connectivity index (χ4v) is 4.97. The van der Waals surface area contributed by atoms with Gasteiger partial charge in [0.25, 0.3) is 0 Å². The molecule has 0 aliphatic rings. The number of benzene rings is 3. The maximum atomic E-state index is 13.7. The molecule has 40 heavy (non-hydrogen) atoms. The Labute approximate surface area is 245 Å². The van der Waals surface area contributed by atoms with Gasteiger partial charge < -0.3 is 15.0 Å². The Kier molecular flexibility index (Phi) is 10.8. The number of carbonyl (C=O) groups excluding carboxylic acids is 2. The summed E-state index contributed by atoms with van der Waals surface area (Å²) in [6, 6.07) is 19.5. The number of carbonyl (C=O) groups is 2. The molecular formula is C29H33Cl2N3O5S. The van der Waals surface area contributed by atoms with E-state index in [-0.39, 0.29) is 24.2 Å². The third-order valence-corrected chi connectivity index (χ3v) is 8.17. The maximum Gasteiger partial charge on any atom is 0.244 e. The number of rotatable bonds is 12. The zero-order chi connectivity index (χ0) is 29.4. The van der Waals surface area contributed by atoms with Crippen LogP contribution in [0.1, 0.15) is 32.8 Å². The van der Waals surface area contributed by atoms with E-state index in [4.69, 9.17) is 27.9 Å². The summed E-state index contributed by atoms with van der Waals surface area (Å²) in [7, 11) is -3.87. The molecule has 0 aliphatic heterocycles. The van der Waals surface area contributed by atoms with Crippen molar-refractivity contribution in [3.63, 3.8) is 0 Å². The number of amides is 2. The number of hydrogen-bond donors (Lipinski definition) is 1. The molecule has 3 aromatic rings. The summed E-state index contributed by atoms with van der Waals surface area (Å²) >= 11 is 12.2. The lowest BCUT2D eigenvalue weighted by molar-refractivity contribution is -0.139. The van der Waals surface area contributed by atoms with E-state index in [1.165, 1.54) is 4.90 Å². The first kappa shape index (κ1) is 31.3. The maximum absolute atomic E-state index is 13.7. The zero-order valence-electron chi connectivity index (χ0n) is 22.8. The van der Waals surface area contributed by atoms with Gasteiger partial charge in [0.2, 0.25) is 21.8 Å². The van der Waals surface area contributed by atoms with Crippen LogP contribution in [-0.2, 0) is 26.2 Å². The molecule has 0 spiro atoms. The molecule has 0 saturated heterocycles. The minimum absolute atomic E-state index is 0.0201. The number of para-hydroxylation sites is 1. The molecule has 0 aliphatic carbocycles. The van der Waals surface area contributed by atoms with Gasteiger partial charge in [0.1, 0.15) is 24.1 Å². The molecule has 1 N–H and O–H groups in total. The van der Waals surface area contributed by atoms with Crippen LogP contribution in [-0.4, -0.2) is 50.0 Å². The second-order valence-corrected chi connectivity index (χ2v) is 12.2. The first-order chi connectivity index (χ1) is 18.9. The summed E-state index contributed by atoms with van der Waals surface area (Å²) in [6.07, 6.45) is 1.74. The van der Waals surface area contributed by atoms with Crippen molar-refractivity contribution in [1.29, 1.82) is 0 Å². The molecule has 0 saturated carbocycles. The van der Waals surface area contributed by atoms with Crippen LogP contribution in [0.25, 0.3) is 0 Å². The monoisotopic (exact) mass is 605 g/mol. The van der Waals surface area contributed by atoms with E-state index in [0.717, 1.165) is 10.6 Å². The standard InChI is InChI=1S/C29H33Cl2N3O5S/c1-5-20(2)32-29(36)21(3)33(18-22-11-16-26(30)27(31)17-22)28(35)19-34(40(4,37)38)23-12-14-25(15-13-23)39-24-9-7-6-8-10-24/h6-17,20-21H,5,18-19H2,1-4H3,(H,32,36)/t20-,21+/m1/s1. The highest BCUT2D eigenvalue weighted by atomic mass is 35.5. The van der Waals surface area contributed by atoms with Gasteiger partial charge in [-0.15, -0.1) is 0 Å². The van der Waals surface area contributed by atoms with E-state index in [1.807, 2.05) is 32.0 Å². The van der Waals surface area contributed by atoms with E-state index in [1.54, 1.807) is 61.5 Å². The quantitative estimate of drug-likeness (QED) is 0.278. The Morgan fingerprint density at radius 2 is 1.55 bits per heavy atom. The molecule has 0 heterocycles. The fraction of sp³-hybridized carbons (Fsp3) is 0.310. The Bertz CT molecular complexity index is 1420. The average Bonchev–Trinajstić information content (AvgIpc) is 2.92. The smallest absolute Gasteiger partial charge is 0.244 e. The van der Waals surface area contributed by atoms with Crippen LogP contribution in [0.3, 0.4) is 0 Å². The van der Waals surface area contributed by atoms with Gasteiger partial charge in [-0.25, -0.2) is 8.42 Å². The Morgan fingerprint density at radius 3 is 2.12 bits per heavy atom. The molecule has 0 unspecified atom stereocenters. The van der Waals surface area contributed by atoms with Crippen LogP contribution >= 0.6 is 23.2 Å². The number of halogens is 2. The summed E-state index contributed by atoms with van der Waals surface area (Å²) in [6.45, 7) is 4.92. The third-order valence-electron chi connectivity index (χ3n) is 6.29. The van der Waals surface area contributed by atoms with Crippen molar-refractivity contribution in [2.75, 3.05) is 17.1 Å². The molecule has 11 heteroatoms. The number of sulfonamides is 1. The average molecular weight is 607 g/mol. The van der Waals surface area contributed by atoms with Crippen molar-refractivity contribution in [1.82, 2.24) is 10.2 Å². The van der Waals surface area contributed by atoms with Crippen LogP contribution in [0, 0.1) is 0 Å². The summed E-state index contributed by atoms with van der Waals surface area (Å²) in [4.78, 5) is 28.0. The van der Waals surface area contributed by atoms with Gasteiger partial charge in [-0.1, -0.05) is 54.4 Å². The second kappa shape index (κ2) is 13.9. The van der Waals surface area contributed by atoms with Gasteiger partial charge in [0.15, 0.2) is 0 Å². The van der Waals surface area contributed by atoms with E-state index in [9.17, 15) is 18.0 Å². The van der Waals surface area contributed by atoms with Crippen molar-refractivity contribution in [3.05, 3.63) is 88.4 Å². The lowest BCUT2D eigenvalue weighted by Gasteiger charge is -2.32. The van der Waals surface area contributed by atoms with Gasteiger partial charge in [0, 0.05) is 12.6 Å². The SMILES string of the molecule is CC[C@@H](C)NC(=O)[C@H](C)N(Cc1ccc(Cl)c(Cl)c1)C(=O)CN(c1ccc(Oc2ccccc2)cc1)S(C)(=O)=O. The van der Waals surface area contributed by atoms with E-state index < -0.39 is 28.5 Å². The van der Waals surface area contributed by atoms with Crippen molar-refractivity contribution in [2.24, 2.45) is 0 Å². The Balaban J connectivity index is 1.88. The summed E-state index contributed by atoms with van der Waals surface area (Å²) in [5.74, 6) is 0.225. The number of hydrogen-bond acceptors (Lipinski definition) is 5. The van der Waals surface area contributed by atoms with Crippen LogP contribution < -0.4 is 14.4 Å². The first-order valence-corrected chi connectivity index (χ1v) is 15.3. The lowest BCUT2D eigenvalue weighted by Crippen LogP contribution is -2.52. The van der Waals surface area contributed by atoms with Crippen molar-refractivity contribution < 1.29 is 22.7 Å². The molecule has 0 radical (unpaired) electrons. The van der Waals surface area contributed by atoms with Gasteiger partial charge in [-0.2, -0.15) is 0 Å². The second-order valence-electron chi connectivity index (χ2n) is 9.44. The fourth-order valence-electron chi connectivity index (χ4n) is 3.80. The number of nitrogens with zero attached hydrogens (tertiary/aromatic N) is 2. The van der Waals surface area contributed by atoms with Crippen molar-refractivity contribution in [2.45, 2.75) is 45.8 Å². The Hall–Kier alpha value is -3.27. The molecule has 2 amide bonds. The van der Waals surface area contributed by atoms with Crippen LogP contribution in [0.2, 0.25) is 10.0 Å². The predicted molar refractivity (Wildman–Crippen MR) is 160 cm³/mol. The number of nitrogens with one attached hydrogen (secondary N) is 1. The minimum Gasteiger partial charge on any atom is -0.457 e. The van der Waals surface area contributed by atoms with Crippen LogP contribution in [0.4, 0.5) is 5.69 Å². The van der Waals surface area contributed by atoms with Gasteiger partial charge in [-0.05, 0) is 74.4 Å². The van der Waals surface area contributed by atoms with Gasteiger partial charge in [0.05, 0.1) is 22.0 Å². The molecule has 0 fully saturated rings. The zero-order valence-corrected chi connectivity index (χ0v) is 25.1. The van der Waals surface area contributed by atoms with Crippen molar-refractivity contribution >= 4 is 50.7 Å². The molecule has 2 atom stereocenters. The van der Waals surface area contributed by atoms with Gasteiger partial charge >= 0.3 is 0 Å². The highest BCUT2D eigenvalue weighted by molar-refractivity contribution is 7.92. The normalized spacial score (nSPS) is 12.8. The lowest BCUT2D eigenvalue weighted by atomic mass is 10.1. The first-order valence-electron chi connectivity index (χ1n) is 12.7. The third kappa shape index (κ3) is 8.61. The molecule has 3 rings (SSSR count). The molecule has 0 bridgehead atoms. The molecule has 8 nitrogen and oxygen atoms in total. The van der Waals surface area contributed by atoms with E-state index in [0.29, 0.717) is 33.5 Å². The number of ether oxygens (including phenoxy) is 1. The van der Waals surface area contributed by atoms with Crippen LogP contribution in [0.5, 0.6) is 11.5 Å². The van der Waals surface area contributed by atoms with E-state index >= 15 is 0 Å². The van der Waals surface area contributed by atoms with Crippen LogP contribution in [0.15, 0.2) is 72.8 Å². The Morgan fingerprint density at radius 1 is 0.925 bits per heavy atom. The summed E-state index contributed by atoms with van der Waals surface area (Å²) in [5, 5.41) is 3.55. The predicted octanol–water partition coefficient (Wildman–Crippen LogP) is 5.88.